The number of nitrogens with two attached hydrogens (primary N) is 1. The Kier molecular flexibility index (Phi) is 4.32. The molecule has 0 amide bonds. The zero-order valence-electron chi connectivity index (χ0n) is 9.36. The Morgan fingerprint density at radius 1 is 1.59 bits per heavy atom. The quantitative estimate of drug-likeness (QED) is 0.181. The van der Waals surface area contributed by atoms with Gasteiger partial charge in [0.2, 0.25) is 0 Å². The van der Waals surface area contributed by atoms with Crippen molar-refractivity contribution in [2.24, 2.45) is 10.9 Å². The first kappa shape index (κ1) is 13.7. The van der Waals surface area contributed by atoms with Crippen LogP contribution >= 0.6 is 11.8 Å². The molecule has 0 aromatic carbocycles. The molecule has 0 bridgehead atoms. The lowest BCUT2D eigenvalue weighted by molar-refractivity contribution is -0.0350. The summed E-state index contributed by atoms with van der Waals surface area (Å²) >= 11 is 1.08. The van der Waals surface area contributed by atoms with Gasteiger partial charge in [-0.1, -0.05) is 16.9 Å². The van der Waals surface area contributed by atoms with Crippen molar-refractivity contribution in [1.29, 1.82) is 0 Å². The topological polar surface area (TPSA) is 138 Å². The third-order valence-electron chi connectivity index (χ3n) is 2.00. The number of amidine groups is 1. The predicted octanol–water partition coefficient (Wildman–Crippen LogP) is -0.612. The van der Waals surface area contributed by atoms with E-state index < -0.39 is 11.7 Å². The second-order valence-corrected chi connectivity index (χ2v) is 4.89. The number of hydrogen-bond acceptors (Lipinski definition) is 8. The maximum absolute atomic E-state index is 9.61. The van der Waals surface area contributed by atoms with Crippen molar-refractivity contribution in [2.75, 3.05) is 5.75 Å². The molecule has 0 aliphatic carbocycles. The molecule has 0 spiro atoms. The van der Waals surface area contributed by atoms with Gasteiger partial charge < -0.3 is 21.2 Å². The fourth-order valence-electron chi connectivity index (χ4n) is 0.841. The largest absolute Gasteiger partial charge is 0.409 e. The first-order valence-electron chi connectivity index (χ1n) is 4.70. The maximum Gasteiger partial charge on any atom is 0.195 e. The van der Waals surface area contributed by atoms with Crippen LogP contribution in [0.2, 0.25) is 0 Å². The van der Waals surface area contributed by atoms with E-state index in [1.807, 2.05) is 0 Å². The van der Waals surface area contributed by atoms with Crippen molar-refractivity contribution in [3.05, 3.63) is 5.69 Å². The van der Waals surface area contributed by atoms with Gasteiger partial charge in [-0.15, -0.1) is 0 Å². The smallest absolute Gasteiger partial charge is 0.195 e. The Balaban J connectivity index is 2.68. The van der Waals surface area contributed by atoms with E-state index in [-0.39, 0.29) is 22.3 Å². The standard InChI is InChI=1S/C8H14N4O4S/c1-8(2,14)4(13)3-17-7-5(6(9)10-15)11-16-12-7/h4,13-15H,3H2,1-2H3,(H2,9,10). The second kappa shape index (κ2) is 5.34. The molecule has 0 aliphatic heterocycles. The highest BCUT2D eigenvalue weighted by molar-refractivity contribution is 7.99. The third kappa shape index (κ3) is 3.58. The Labute approximate surface area is 101 Å². The van der Waals surface area contributed by atoms with Crippen molar-refractivity contribution in [3.63, 3.8) is 0 Å². The van der Waals surface area contributed by atoms with Gasteiger partial charge in [0.25, 0.3) is 0 Å². The Morgan fingerprint density at radius 3 is 2.76 bits per heavy atom. The van der Waals surface area contributed by atoms with Gasteiger partial charge in [0.05, 0.1) is 11.7 Å². The molecule has 1 unspecified atom stereocenters. The number of aliphatic hydroxyl groups excluding tert-OH is 1. The summed E-state index contributed by atoms with van der Waals surface area (Å²) in [5.74, 6) is -0.0600. The number of thioether (sulfide) groups is 1. The lowest BCUT2D eigenvalue weighted by atomic mass is 10.0. The molecule has 5 N–H and O–H groups in total. The molecule has 0 fully saturated rings. The van der Waals surface area contributed by atoms with Crippen molar-refractivity contribution >= 4 is 17.6 Å². The minimum Gasteiger partial charge on any atom is -0.409 e. The molecular formula is C8H14N4O4S. The second-order valence-electron chi connectivity index (χ2n) is 3.88. The van der Waals surface area contributed by atoms with E-state index in [4.69, 9.17) is 10.9 Å². The van der Waals surface area contributed by atoms with Crippen LogP contribution in [0.15, 0.2) is 14.8 Å². The molecule has 9 heteroatoms. The minimum absolute atomic E-state index is 0.0976. The van der Waals surface area contributed by atoms with Crippen LogP contribution in [-0.2, 0) is 0 Å². The van der Waals surface area contributed by atoms with Crippen molar-refractivity contribution in [3.8, 4) is 0 Å². The zero-order valence-corrected chi connectivity index (χ0v) is 10.2. The van der Waals surface area contributed by atoms with Crippen LogP contribution in [0.25, 0.3) is 0 Å². The molecule has 1 heterocycles. The van der Waals surface area contributed by atoms with Gasteiger partial charge >= 0.3 is 0 Å². The average molecular weight is 262 g/mol. The molecule has 8 nitrogen and oxygen atoms in total. The Morgan fingerprint density at radius 2 is 2.24 bits per heavy atom. The van der Waals surface area contributed by atoms with E-state index in [9.17, 15) is 10.2 Å². The van der Waals surface area contributed by atoms with E-state index in [1.54, 1.807) is 0 Å². The number of rotatable bonds is 5. The molecule has 96 valence electrons. The fourth-order valence-corrected chi connectivity index (χ4v) is 1.93. The highest BCUT2D eigenvalue weighted by atomic mass is 32.2. The zero-order chi connectivity index (χ0) is 13.1. The Bertz CT molecular complexity index is 400. The minimum atomic E-state index is -1.22. The summed E-state index contributed by atoms with van der Waals surface area (Å²) in [6.07, 6.45) is -0.954. The summed E-state index contributed by atoms with van der Waals surface area (Å²) in [7, 11) is 0. The first-order valence-corrected chi connectivity index (χ1v) is 5.68. The van der Waals surface area contributed by atoms with E-state index in [1.165, 1.54) is 13.8 Å². The number of aromatic nitrogens is 2. The van der Waals surface area contributed by atoms with Crippen molar-refractivity contribution in [1.82, 2.24) is 10.3 Å². The van der Waals surface area contributed by atoms with Crippen LogP contribution in [0.5, 0.6) is 0 Å². The number of aliphatic hydroxyl groups is 2. The molecule has 1 aromatic rings. The van der Waals surface area contributed by atoms with Gasteiger partial charge in [-0.2, -0.15) is 0 Å². The third-order valence-corrected chi connectivity index (χ3v) is 3.03. The van der Waals surface area contributed by atoms with Crippen molar-refractivity contribution < 1.29 is 20.0 Å². The molecule has 0 radical (unpaired) electrons. The average Bonchev–Trinajstić information content (AvgIpc) is 2.71. The van der Waals surface area contributed by atoms with Gasteiger partial charge in [0.15, 0.2) is 16.6 Å². The van der Waals surface area contributed by atoms with Crippen LogP contribution in [0, 0.1) is 0 Å². The summed E-state index contributed by atoms with van der Waals surface area (Å²) in [5, 5.41) is 37.7. The lowest BCUT2D eigenvalue weighted by Gasteiger charge is -2.23. The van der Waals surface area contributed by atoms with Gasteiger partial charge in [-0.25, -0.2) is 4.63 Å². The highest BCUT2D eigenvalue weighted by Gasteiger charge is 2.26. The van der Waals surface area contributed by atoms with Gasteiger partial charge in [-0.3, -0.25) is 0 Å². The molecule has 17 heavy (non-hydrogen) atoms. The number of hydrogen-bond donors (Lipinski definition) is 4. The van der Waals surface area contributed by atoms with Crippen LogP contribution < -0.4 is 5.73 Å². The summed E-state index contributed by atoms with van der Waals surface area (Å²) in [5.41, 5.74) is 4.22. The van der Waals surface area contributed by atoms with Crippen molar-refractivity contribution in [2.45, 2.75) is 30.6 Å². The monoisotopic (exact) mass is 262 g/mol. The first-order chi connectivity index (χ1) is 7.86. The van der Waals surface area contributed by atoms with E-state index in [0.29, 0.717) is 0 Å². The maximum atomic E-state index is 9.61. The van der Waals surface area contributed by atoms with Gasteiger partial charge in [0.1, 0.15) is 0 Å². The Hall–Kier alpha value is -1.32. The van der Waals surface area contributed by atoms with E-state index >= 15 is 0 Å². The predicted molar refractivity (Wildman–Crippen MR) is 59.8 cm³/mol. The molecule has 0 saturated carbocycles. The van der Waals surface area contributed by atoms with Crippen LogP contribution in [0.3, 0.4) is 0 Å². The summed E-state index contributed by atoms with van der Waals surface area (Å²) < 4.78 is 4.45. The molecule has 1 atom stereocenters. The molecular weight excluding hydrogens is 248 g/mol. The van der Waals surface area contributed by atoms with Crippen LogP contribution in [0.1, 0.15) is 19.5 Å². The molecule has 1 aromatic heterocycles. The summed E-state index contributed by atoms with van der Waals surface area (Å²) in [6, 6.07) is 0. The number of nitrogens with zero attached hydrogens (tertiary/aromatic N) is 3. The molecule has 0 saturated heterocycles. The van der Waals surface area contributed by atoms with E-state index in [2.05, 4.69) is 20.1 Å². The number of oxime groups is 1. The fraction of sp³-hybridized carbons (Fsp3) is 0.625. The normalized spacial score (nSPS) is 14.9. The van der Waals surface area contributed by atoms with Crippen LogP contribution in [0.4, 0.5) is 0 Å². The SMILES string of the molecule is CC(C)(O)C(O)CSc1nonc1C(N)=NO. The molecule has 1 rings (SSSR count). The summed E-state index contributed by atoms with van der Waals surface area (Å²) in [6.45, 7) is 2.98. The summed E-state index contributed by atoms with van der Waals surface area (Å²) in [4.78, 5) is 0. The molecule has 0 aliphatic rings. The van der Waals surface area contributed by atoms with Crippen LogP contribution in [-0.4, -0.2) is 49.0 Å². The lowest BCUT2D eigenvalue weighted by Crippen LogP contribution is -2.37. The van der Waals surface area contributed by atoms with E-state index in [0.717, 1.165) is 11.8 Å². The van der Waals surface area contributed by atoms with Gasteiger partial charge in [-0.05, 0) is 24.2 Å². The highest BCUT2D eigenvalue weighted by Crippen LogP contribution is 2.22. The van der Waals surface area contributed by atoms with Gasteiger partial charge in [0, 0.05) is 5.75 Å².